The Balaban J connectivity index is 2.12. The van der Waals surface area contributed by atoms with Crippen LogP contribution in [0.4, 0.5) is 0 Å². The molecule has 0 aromatic heterocycles. The third-order valence-electron chi connectivity index (χ3n) is 3.65. The largest absolute Gasteiger partial charge is 0.466 e. The fourth-order valence-corrected chi connectivity index (χ4v) is 4.87. The van der Waals surface area contributed by atoms with E-state index in [9.17, 15) is 4.79 Å². The van der Waals surface area contributed by atoms with Crippen molar-refractivity contribution in [1.82, 2.24) is 0 Å². The average molecular weight is 310 g/mol. The molecule has 0 saturated heterocycles. The van der Waals surface area contributed by atoms with Crippen molar-refractivity contribution in [2.24, 2.45) is 0 Å². The fourth-order valence-electron chi connectivity index (χ4n) is 2.28. The summed E-state index contributed by atoms with van der Waals surface area (Å²) in [5.41, 5.74) is 5.53. The highest BCUT2D eigenvalue weighted by atomic mass is 32.2. The van der Waals surface area contributed by atoms with Crippen molar-refractivity contribution in [2.75, 3.05) is 6.61 Å². The molecule has 1 heterocycles. The predicted molar refractivity (Wildman–Crippen MR) is 88.2 cm³/mol. The Labute approximate surface area is 130 Å². The topological polar surface area (TPSA) is 26.3 Å². The molecule has 2 nitrogen and oxygen atoms in total. The molecule has 0 N–H and O–H groups in total. The van der Waals surface area contributed by atoms with Gasteiger partial charge in [-0.2, -0.15) is 0 Å². The summed E-state index contributed by atoms with van der Waals surface area (Å²) >= 11 is 3.72. The van der Waals surface area contributed by atoms with Crippen LogP contribution in [0.2, 0.25) is 0 Å². The molecule has 0 atom stereocenters. The molecule has 1 aromatic carbocycles. The number of aryl methyl sites for hydroxylation is 2. The number of carbonyl (C=O) groups is 1. The minimum atomic E-state index is -0.0902. The van der Waals surface area contributed by atoms with Gasteiger partial charge in [0.15, 0.2) is 0 Å². The van der Waals surface area contributed by atoms with Crippen LogP contribution in [0.25, 0.3) is 0 Å². The van der Waals surface area contributed by atoms with E-state index < -0.39 is 0 Å². The van der Waals surface area contributed by atoms with Gasteiger partial charge in [-0.15, -0.1) is 23.5 Å². The Morgan fingerprint density at radius 3 is 2.15 bits per heavy atom. The van der Waals surface area contributed by atoms with Crippen molar-refractivity contribution < 1.29 is 9.53 Å². The highest BCUT2D eigenvalue weighted by Gasteiger charge is 2.32. The van der Waals surface area contributed by atoms with Crippen LogP contribution in [0.3, 0.4) is 0 Å². The van der Waals surface area contributed by atoms with E-state index in [2.05, 4.69) is 32.9 Å². The van der Waals surface area contributed by atoms with Crippen LogP contribution in [0, 0.1) is 13.8 Å². The van der Waals surface area contributed by atoms with Gasteiger partial charge in [0.05, 0.1) is 17.1 Å². The van der Waals surface area contributed by atoms with Gasteiger partial charge in [-0.05, 0) is 49.9 Å². The lowest BCUT2D eigenvalue weighted by Gasteiger charge is -2.25. The van der Waals surface area contributed by atoms with Gasteiger partial charge in [-0.1, -0.05) is 12.1 Å². The fraction of sp³-hybridized carbons (Fsp3) is 0.562. The quantitative estimate of drug-likeness (QED) is 0.770. The summed E-state index contributed by atoms with van der Waals surface area (Å²) in [4.78, 5) is 11.8. The maximum atomic E-state index is 11.8. The SMILES string of the molecule is CCOC(=O)CC1(C)SCc2cc(C)c(C)cc2CS1. The summed E-state index contributed by atoms with van der Waals surface area (Å²) in [6.45, 7) is 8.80. The lowest BCUT2D eigenvalue weighted by atomic mass is 10.0. The first-order valence-electron chi connectivity index (χ1n) is 6.96. The third kappa shape index (κ3) is 3.73. The number of fused-ring (bicyclic) bond motifs is 1. The first-order valence-corrected chi connectivity index (χ1v) is 8.93. The molecule has 1 aliphatic heterocycles. The number of ether oxygens (including phenoxy) is 1. The lowest BCUT2D eigenvalue weighted by molar-refractivity contribution is -0.143. The maximum Gasteiger partial charge on any atom is 0.308 e. The molecule has 0 saturated carbocycles. The van der Waals surface area contributed by atoms with Crippen LogP contribution >= 0.6 is 23.5 Å². The van der Waals surface area contributed by atoms with E-state index in [0.717, 1.165) is 11.5 Å². The molecule has 2 rings (SSSR count). The van der Waals surface area contributed by atoms with Gasteiger partial charge in [0, 0.05) is 11.5 Å². The minimum absolute atomic E-state index is 0.0895. The zero-order chi connectivity index (χ0) is 14.8. The Bertz CT molecular complexity index is 478. The minimum Gasteiger partial charge on any atom is -0.466 e. The Morgan fingerprint density at radius 1 is 1.20 bits per heavy atom. The van der Waals surface area contributed by atoms with Gasteiger partial charge in [0.25, 0.3) is 0 Å². The monoisotopic (exact) mass is 310 g/mol. The van der Waals surface area contributed by atoms with Crippen molar-refractivity contribution in [2.45, 2.75) is 49.7 Å². The summed E-state index contributed by atoms with van der Waals surface area (Å²) in [5.74, 6) is 1.85. The average Bonchev–Trinajstić information content (AvgIpc) is 2.52. The molecule has 0 bridgehead atoms. The molecule has 1 aromatic rings. The van der Waals surface area contributed by atoms with Crippen molar-refractivity contribution in [3.05, 3.63) is 34.4 Å². The third-order valence-corrected chi connectivity index (χ3v) is 6.78. The standard InChI is InChI=1S/C16H22O2S2/c1-5-18-15(17)8-16(4)19-9-13-6-11(2)12(3)7-14(13)10-20-16/h6-7H,5,8-10H2,1-4H3. The van der Waals surface area contributed by atoms with Crippen molar-refractivity contribution in [3.8, 4) is 0 Å². The number of esters is 1. The van der Waals surface area contributed by atoms with E-state index in [1.807, 2.05) is 30.4 Å². The zero-order valence-electron chi connectivity index (χ0n) is 12.6. The highest BCUT2D eigenvalue weighted by Crippen LogP contribution is 2.47. The molecule has 110 valence electrons. The van der Waals surface area contributed by atoms with Crippen LogP contribution in [0.5, 0.6) is 0 Å². The Morgan fingerprint density at radius 2 is 1.70 bits per heavy atom. The first kappa shape index (κ1) is 15.8. The highest BCUT2D eigenvalue weighted by molar-refractivity contribution is 8.17. The van der Waals surface area contributed by atoms with Gasteiger partial charge in [-0.3, -0.25) is 4.79 Å². The normalized spacial score (nSPS) is 17.2. The van der Waals surface area contributed by atoms with E-state index in [1.54, 1.807) is 0 Å². The second kappa shape index (κ2) is 6.44. The zero-order valence-corrected chi connectivity index (χ0v) is 14.2. The van der Waals surface area contributed by atoms with Gasteiger partial charge in [0.1, 0.15) is 0 Å². The van der Waals surface area contributed by atoms with Gasteiger partial charge < -0.3 is 4.74 Å². The van der Waals surface area contributed by atoms with Crippen molar-refractivity contribution >= 4 is 29.5 Å². The summed E-state index contributed by atoms with van der Waals surface area (Å²) in [5, 5.41) is 0. The molecule has 0 radical (unpaired) electrons. The van der Waals surface area contributed by atoms with Gasteiger partial charge in [-0.25, -0.2) is 0 Å². The van der Waals surface area contributed by atoms with Crippen molar-refractivity contribution in [3.63, 3.8) is 0 Å². The van der Waals surface area contributed by atoms with Gasteiger partial charge in [0.2, 0.25) is 0 Å². The number of rotatable bonds is 3. The summed E-state index contributed by atoms with van der Waals surface area (Å²) in [7, 11) is 0. The molecule has 0 spiro atoms. The molecular formula is C16H22O2S2. The van der Waals surface area contributed by atoms with Crippen LogP contribution < -0.4 is 0 Å². The molecule has 20 heavy (non-hydrogen) atoms. The first-order chi connectivity index (χ1) is 9.43. The number of benzene rings is 1. The lowest BCUT2D eigenvalue weighted by Crippen LogP contribution is -2.21. The number of hydrogen-bond donors (Lipinski definition) is 0. The van der Waals surface area contributed by atoms with Crippen LogP contribution in [0.1, 0.15) is 42.5 Å². The molecule has 0 fully saturated rings. The molecule has 4 heteroatoms. The predicted octanol–water partition coefficient (Wildman–Crippen LogP) is 4.45. The number of hydrogen-bond acceptors (Lipinski definition) is 4. The molecular weight excluding hydrogens is 288 g/mol. The molecule has 1 aliphatic rings. The second-order valence-electron chi connectivity index (χ2n) is 5.40. The van der Waals surface area contributed by atoms with E-state index in [0.29, 0.717) is 13.0 Å². The summed E-state index contributed by atoms with van der Waals surface area (Å²) in [6, 6.07) is 4.60. The van der Waals surface area contributed by atoms with E-state index in [4.69, 9.17) is 4.74 Å². The maximum absolute atomic E-state index is 11.8. The van der Waals surface area contributed by atoms with E-state index >= 15 is 0 Å². The Hall–Kier alpha value is -0.610. The smallest absolute Gasteiger partial charge is 0.308 e. The van der Waals surface area contributed by atoms with E-state index in [-0.39, 0.29) is 10.0 Å². The van der Waals surface area contributed by atoms with Crippen molar-refractivity contribution in [1.29, 1.82) is 0 Å². The summed E-state index contributed by atoms with van der Waals surface area (Å²) < 4.78 is 5.01. The number of thioether (sulfide) groups is 2. The Kier molecular flexibility index (Phi) is 5.08. The summed E-state index contributed by atoms with van der Waals surface area (Å²) in [6.07, 6.45) is 0.474. The molecule has 0 unspecified atom stereocenters. The van der Waals surface area contributed by atoms with Crippen LogP contribution in [-0.4, -0.2) is 16.7 Å². The number of carbonyl (C=O) groups excluding carboxylic acids is 1. The van der Waals surface area contributed by atoms with Crippen LogP contribution in [-0.2, 0) is 21.0 Å². The molecule has 0 amide bonds. The second-order valence-corrected chi connectivity index (χ2v) is 8.61. The molecule has 0 aliphatic carbocycles. The van der Waals surface area contributed by atoms with Crippen LogP contribution in [0.15, 0.2) is 12.1 Å². The van der Waals surface area contributed by atoms with Gasteiger partial charge >= 0.3 is 5.97 Å². The van der Waals surface area contributed by atoms with E-state index in [1.165, 1.54) is 22.3 Å².